The van der Waals surface area contributed by atoms with Crippen LogP contribution < -0.4 is 4.74 Å². The van der Waals surface area contributed by atoms with Gasteiger partial charge in [-0.3, -0.25) is 0 Å². The fourth-order valence-electron chi connectivity index (χ4n) is 2.00. The van der Waals surface area contributed by atoms with Crippen LogP contribution in [0.3, 0.4) is 0 Å². The summed E-state index contributed by atoms with van der Waals surface area (Å²) in [7, 11) is 1.48. The molecule has 0 aliphatic carbocycles. The summed E-state index contributed by atoms with van der Waals surface area (Å²) >= 11 is 9.34. The van der Waals surface area contributed by atoms with Crippen molar-refractivity contribution in [2.75, 3.05) is 7.11 Å². The van der Waals surface area contributed by atoms with E-state index in [-0.39, 0.29) is 5.56 Å². The van der Waals surface area contributed by atoms with Gasteiger partial charge in [0.2, 0.25) is 0 Å². The lowest BCUT2D eigenvalue weighted by molar-refractivity contribution is -0.138. The molecular weight excluding hydrogens is 369 g/mol. The number of halogens is 5. The van der Waals surface area contributed by atoms with Crippen molar-refractivity contribution in [3.8, 4) is 5.75 Å². The average molecular weight is 380 g/mol. The molecule has 0 amide bonds. The Bertz CT molecular complexity index is 643. The number of alkyl halides is 4. The predicted octanol–water partition coefficient (Wildman–Crippen LogP) is 5.85. The highest BCUT2D eigenvalue weighted by molar-refractivity contribution is 9.09. The molecular formula is C15H11BrClF3O. The zero-order valence-electron chi connectivity index (χ0n) is 10.9. The molecule has 0 spiro atoms. The Kier molecular flexibility index (Phi) is 4.84. The fraction of sp³-hybridized carbons (Fsp3) is 0.200. The Morgan fingerprint density at radius 2 is 1.81 bits per heavy atom. The third kappa shape index (κ3) is 3.52. The molecule has 6 heteroatoms. The van der Waals surface area contributed by atoms with E-state index in [4.69, 9.17) is 16.3 Å². The molecule has 0 N–H and O–H groups in total. The van der Waals surface area contributed by atoms with Crippen molar-refractivity contribution in [3.05, 3.63) is 64.2 Å². The number of hydrogen-bond donors (Lipinski definition) is 0. The van der Waals surface area contributed by atoms with Gasteiger partial charge in [-0.1, -0.05) is 51.8 Å². The van der Waals surface area contributed by atoms with Crippen LogP contribution >= 0.6 is 27.5 Å². The van der Waals surface area contributed by atoms with E-state index in [1.807, 2.05) is 0 Å². The molecule has 0 aromatic heterocycles. The number of rotatable bonds is 3. The van der Waals surface area contributed by atoms with Gasteiger partial charge in [0.1, 0.15) is 5.75 Å². The summed E-state index contributed by atoms with van der Waals surface area (Å²) in [5, 5.41) is 0.351. The van der Waals surface area contributed by atoms with E-state index in [9.17, 15) is 13.2 Å². The molecule has 1 nitrogen and oxygen atoms in total. The van der Waals surface area contributed by atoms with Gasteiger partial charge in [-0.2, -0.15) is 13.2 Å². The quantitative estimate of drug-likeness (QED) is 0.608. The van der Waals surface area contributed by atoms with E-state index < -0.39 is 16.6 Å². The summed E-state index contributed by atoms with van der Waals surface area (Å²) in [6.07, 6.45) is -4.40. The standard InChI is InChI=1S/C15H11BrClF3O/c1-21-13-7-6-9(8-12(13)17)14(16)10-4-2-3-5-11(10)15(18,19)20/h2-8,14H,1H3. The summed E-state index contributed by atoms with van der Waals surface area (Å²) in [5.74, 6) is 0.476. The van der Waals surface area contributed by atoms with Crippen molar-refractivity contribution >= 4 is 27.5 Å². The molecule has 0 saturated heterocycles. The summed E-state index contributed by atoms with van der Waals surface area (Å²) < 4.78 is 44.2. The van der Waals surface area contributed by atoms with Crippen molar-refractivity contribution in [1.29, 1.82) is 0 Å². The third-order valence-electron chi connectivity index (χ3n) is 3.01. The van der Waals surface area contributed by atoms with Gasteiger partial charge in [-0.05, 0) is 29.3 Å². The van der Waals surface area contributed by atoms with E-state index in [0.717, 1.165) is 6.07 Å². The number of benzene rings is 2. The van der Waals surface area contributed by atoms with Crippen LogP contribution in [0, 0.1) is 0 Å². The third-order valence-corrected chi connectivity index (χ3v) is 4.33. The first kappa shape index (κ1) is 16.2. The molecule has 1 unspecified atom stereocenters. The molecule has 0 bridgehead atoms. The minimum Gasteiger partial charge on any atom is -0.495 e. The number of ether oxygens (including phenoxy) is 1. The van der Waals surface area contributed by atoms with Crippen LogP contribution in [0.25, 0.3) is 0 Å². The van der Waals surface area contributed by atoms with Crippen molar-refractivity contribution in [3.63, 3.8) is 0 Å². The molecule has 2 aromatic rings. The Morgan fingerprint density at radius 1 is 1.14 bits per heavy atom. The van der Waals surface area contributed by atoms with E-state index >= 15 is 0 Å². The predicted molar refractivity (Wildman–Crippen MR) is 80.2 cm³/mol. The number of methoxy groups -OCH3 is 1. The van der Waals surface area contributed by atoms with Crippen LogP contribution in [0.5, 0.6) is 5.75 Å². The highest BCUT2D eigenvalue weighted by Gasteiger charge is 2.34. The Morgan fingerprint density at radius 3 is 2.38 bits per heavy atom. The summed E-state index contributed by atoms with van der Waals surface area (Å²) in [5.41, 5.74) is 0.0996. The smallest absolute Gasteiger partial charge is 0.416 e. The van der Waals surface area contributed by atoms with Crippen LogP contribution in [0.4, 0.5) is 13.2 Å². The van der Waals surface area contributed by atoms with Crippen molar-refractivity contribution in [2.45, 2.75) is 11.0 Å². The Balaban J connectivity index is 2.45. The lowest BCUT2D eigenvalue weighted by atomic mass is 9.99. The van der Waals surface area contributed by atoms with E-state index in [0.29, 0.717) is 16.3 Å². The van der Waals surface area contributed by atoms with Crippen LogP contribution in [0.2, 0.25) is 5.02 Å². The summed E-state index contributed by atoms with van der Waals surface area (Å²) in [4.78, 5) is -0.612. The second-order valence-electron chi connectivity index (χ2n) is 4.34. The lowest BCUT2D eigenvalue weighted by Crippen LogP contribution is -2.10. The number of hydrogen-bond acceptors (Lipinski definition) is 1. The second-order valence-corrected chi connectivity index (χ2v) is 5.66. The Hall–Kier alpha value is -1.20. The molecule has 1 atom stereocenters. The zero-order chi connectivity index (χ0) is 15.6. The first-order valence-corrected chi connectivity index (χ1v) is 7.27. The maximum Gasteiger partial charge on any atom is 0.416 e. The zero-order valence-corrected chi connectivity index (χ0v) is 13.3. The highest BCUT2D eigenvalue weighted by Crippen LogP contribution is 2.41. The van der Waals surface area contributed by atoms with Crippen molar-refractivity contribution < 1.29 is 17.9 Å². The molecule has 0 aliphatic heterocycles. The van der Waals surface area contributed by atoms with E-state index in [1.165, 1.54) is 19.2 Å². The topological polar surface area (TPSA) is 9.23 Å². The van der Waals surface area contributed by atoms with Gasteiger partial charge in [0, 0.05) is 0 Å². The minimum absolute atomic E-state index is 0.145. The molecule has 112 valence electrons. The maximum absolute atomic E-state index is 13.1. The minimum atomic E-state index is -4.40. The van der Waals surface area contributed by atoms with Crippen LogP contribution in [-0.2, 0) is 6.18 Å². The van der Waals surface area contributed by atoms with E-state index in [1.54, 1.807) is 24.3 Å². The van der Waals surface area contributed by atoms with Crippen molar-refractivity contribution in [1.82, 2.24) is 0 Å². The van der Waals surface area contributed by atoms with Gasteiger partial charge < -0.3 is 4.74 Å². The average Bonchev–Trinajstić information content (AvgIpc) is 2.45. The normalized spacial score (nSPS) is 13.0. The van der Waals surface area contributed by atoms with Gasteiger partial charge in [-0.15, -0.1) is 0 Å². The highest BCUT2D eigenvalue weighted by atomic mass is 79.9. The second kappa shape index (κ2) is 6.28. The van der Waals surface area contributed by atoms with Crippen LogP contribution in [0.15, 0.2) is 42.5 Å². The first-order valence-electron chi connectivity index (χ1n) is 5.98. The first-order chi connectivity index (χ1) is 9.84. The summed E-state index contributed by atoms with van der Waals surface area (Å²) in [6.45, 7) is 0. The SMILES string of the molecule is COc1ccc(C(Br)c2ccccc2C(F)(F)F)cc1Cl. The molecule has 21 heavy (non-hydrogen) atoms. The monoisotopic (exact) mass is 378 g/mol. The van der Waals surface area contributed by atoms with Gasteiger partial charge >= 0.3 is 6.18 Å². The lowest BCUT2D eigenvalue weighted by Gasteiger charge is -2.18. The van der Waals surface area contributed by atoms with Gasteiger partial charge in [0.05, 0.1) is 22.5 Å². The molecule has 0 heterocycles. The Labute approximate surface area is 133 Å². The van der Waals surface area contributed by atoms with Crippen molar-refractivity contribution in [2.24, 2.45) is 0 Å². The summed E-state index contributed by atoms with van der Waals surface area (Å²) in [6, 6.07) is 10.3. The molecule has 0 aliphatic rings. The van der Waals surface area contributed by atoms with Crippen LogP contribution in [-0.4, -0.2) is 7.11 Å². The van der Waals surface area contributed by atoms with Gasteiger partial charge in [0.25, 0.3) is 0 Å². The fourth-order valence-corrected chi connectivity index (χ4v) is 2.95. The van der Waals surface area contributed by atoms with Gasteiger partial charge in [0.15, 0.2) is 0 Å². The molecule has 0 saturated carbocycles. The molecule has 0 radical (unpaired) electrons. The molecule has 0 fully saturated rings. The molecule has 2 rings (SSSR count). The van der Waals surface area contributed by atoms with Gasteiger partial charge in [-0.25, -0.2) is 0 Å². The largest absolute Gasteiger partial charge is 0.495 e. The van der Waals surface area contributed by atoms with E-state index in [2.05, 4.69) is 15.9 Å². The van der Waals surface area contributed by atoms with Crippen LogP contribution in [0.1, 0.15) is 21.5 Å². The molecule has 2 aromatic carbocycles. The maximum atomic E-state index is 13.1.